The Labute approximate surface area is 155 Å². The number of carbonyl (C=O) groups is 2. The van der Waals surface area contributed by atoms with Gasteiger partial charge in [0.05, 0.1) is 23.0 Å². The molecule has 0 radical (unpaired) electrons. The Bertz CT molecular complexity index is 813. The summed E-state index contributed by atoms with van der Waals surface area (Å²) in [5.74, 6) is 0.817. The Morgan fingerprint density at radius 1 is 1.32 bits per heavy atom. The number of para-hydroxylation sites is 1. The third kappa shape index (κ3) is 4.27. The smallest absolute Gasteiger partial charge is 0.253 e. The van der Waals surface area contributed by atoms with E-state index < -0.39 is 0 Å². The minimum absolute atomic E-state index is 0.0522. The van der Waals surface area contributed by atoms with Crippen LogP contribution in [-0.4, -0.2) is 42.7 Å². The van der Waals surface area contributed by atoms with E-state index in [9.17, 15) is 9.59 Å². The van der Waals surface area contributed by atoms with Crippen LogP contribution in [0.4, 0.5) is 5.69 Å². The molecular formula is C18H17ClN2O3S. The molecule has 3 rings (SSSR count). The van der Waals surface area contributed by atoms with Crippen LogP contribution < -0.4 is 10.1 Å². The average Bonchev–Trinajstić information content (AvgIpc) is 2.62. The van der Waals surface area contributed by atoms with Crippen LogP contribution in [0.5, 0.6) is 5.75 Å². The molecule has 5 nitrogen and oxygen atoms in total. The van der Waals surface area contributed by atoms with E-state index in [-0.39, 0.29) is 11.8 Å². The van der Waals surface area contributed by atoms with Crippen molar-refractivity contribution in [3.63, 3.8) is 0 Å². The number of anilines is 1. The first kappa shape index (κ1) is 17.6. The number of halogens is 1. The number of ether oxygens (including phenoxy) is 1. The van der Waals surface area contributed by atoms with Crippen molar-refractivity contribution in [1.82, 2.24) is 4.90 Å². The second kappa shape index (κ2) is 7.80. The number of nitrogens with zero attached hydrogens (tertiary/aromatic N) is 1. The Morgan fingerprint density at radius 2 is 2.12 bits per heavy atom. The van der Waals surface area contributed by atoms with Gasteiger partial charge in [-0.2, -0.15) is 0 Å². The molecular weight excluding hydrogens is 360 g/mol. The van der Waals surface area contributed by atoms with Crippen LogP contribution in [0.15, 0.2) is 47.4 Å². The van der Waals surface area contributed by atoms with Crippen LogP contribution in [-0.2, 0) is 4.79 Å². The van der Waals surface area contributed by atoms with Gasteiger partial charge in [-0.3, -0.25) is 9.59 Å². The van der Waals surface area contributed by atoms with E-state index in [1.165, 1.54) is 11.8 Å². The number of benzene rings is 2. The van der Waals surface area contributed by atoms with Gasteiger partial charge < -0.3 is 15.0 Å². The number of nitrogens with one attached hydrogen (secondary N) is 1. The third-order valence-corrected chi connectivity index (χ3v) is 5.11. The van der Waals surface area contributed by atoms with Crippen LogP contribution in [0, 0.1) is 0 Å². The normalized spacial score (nSPS) is 13.0. The van der Waals surface area contributed by atoms with Crippen molar-refractivity contribution in [3.05, 3.63) is 53.1 Å². The van der Waals surface area contributed by atoms with Gasteiger partial charge >= 0.3 is 0 Å². The molecule has 2 amide bonds. The maximum atomic E-state index is 12.5. The lowest BCUT2D eigenvalue weighted by molar-refractivity contribution is -0.113. The van der Waals surface area contributed by atoms with Crippen molar-refractivity contribution in [2.24, 2.45) is 0 Å². The number of amides is 2. The van der Waals surface area contributed by atoms with Crippen molar-refractivity contribution in [2.45, 2.75) is 4.90 Å². The first-order valence-electron chi connectivity index (χ1n) is 7.74. The molecule has 0 aliphatic carbocycles. The van der Waals surface area contributed by atoms with Gasteiger partial charge in [0.1, 0.15) is 12.4 Å². The Kier molecular flexibility index (Phi) is 5.50. The number of rotatable bonds is 5. The highest BCUT2D eigenvalue weighted by Gasteiger charge is 2.19. The first-order valence-corrected chi connectivity index (χ1v) is 9.10. The lowest BCUT2D eigenvalue weighted by Gasteiger charge is -2.20. The SMILES string of the molecule is CN(CCOc1ccccc1Cl)C(=O)c1ccc2c(c1)NC(=O)CS2. The number of carbonyl (C=O) groups excluding carboxylic acids is 2. The second-order valence-electron chi connectivity index (χ2n) is 5.55. The monoisotopic (exact) mass is 376 g/mol. The summed E-state index contributed by atoms with van der Waals surface area (Å²) in [6.45, 7) is 0.756. The highest BCUT2D eigenvalue weighted by Crippen LogP contribution is 2.32. The predicted octanol–water partition coefficient (Wildman–Crippen LogP) is 3.54. The van der Waals surface area contributed by atoms with E-state index in [1.807, 2.05) is 18.2 Å². The topological polar surface area (TPSA) is 58.6 Å². The van der Waals surface area contributed by atoms with Gasteiger partial charge in [0.2, 0.25) is 5.91 Å². The van der Waals surface area contributed by atoms with Crippen LogP contribution in [0.25, 0.3) is 0 Å². The largest absolute Gasteiger partial charge is 0.490 e. The average molecular weight is 377 g/mol. The molecule has 25 heavy (non-hydrogen) atoms. The summed E-state index contributed by atoms with van der Waals surface area (Å²) in [6, 6.07) is 12.6. The summed E-state index contributed by atoms with van der Waals surface area (Å²) in [5, 5.41) is 3.34. The Morgan fingerprint density at radius 3 is 2.92 bits per heavy atom. The van der Waals surface area contributed by atoms with Crippen LogP contribution in [0.1, 0.15) is 10.4 Å². The zero-order valence-electron chi connectivity index (χ0n) is 13.6. The van der Waals surface area contributed by atoms with Gasteiger partial charge in [0.25, 0.3) is 5.91 Å². The number of hydrogen-bond donors (Lipinski definition) is 1. The molecule has 1 aliphatic heterocycles. The molecule has 0 bridgehead atoms. The molecule has 0 aromatic heterocycles. The molecule has 130 valence electrons. The zero-order valence-corrected chi connectivity index (χ0v) is 15.2. The summed E-state index contributed by atoms with van der Waals surface area (Å²) in [5.41, 5.74) is 1.22. The van der Waals surface area contributed by atoms with Gasteiger partial charge in [0.15, 0.2) is 0 Å². The maximum absolute atomic E-state index is 12.5. The van der Waals surface area contributed by atoms with Gasteiger partial charge in [0, 0.05) is 17.5 Å². The Balaban J connectivity index is 1.60. The molecule has 0 atom stereocenters. The summed E-state index contributed by atoms with van der Waals surface area (Å²) in [6.07, 6.45) is 0. The molecule has 1 N–H and O–H groups in total. The minimum atomic E-state index is -0.129. The summed E-state index contributed by atoms with van der Waals surface area (Å²) in [7, 11) is 1.71. The fourth-order valence-electron chi connectivity index (χ4n) is 2.39. The molecule has 0 saturated heterocycles. The Hall–Kier alpha value is -2.18. The number of hydrogen-bond acceptors (Lipinski definition) is 4. The fraction of sp³-hybridized carbons (Fsp3) is 0.222. The second-order valence-corrected chi connectivity index (χ2v) is 6.98. The molecule has 0 spiro atoms. The van der Waals surface area contributed by atoms with Gasteiger partial charge in [-0.15, -0.1) is 11.8 Å². The molecule has 2 aromatic carbocycles. The van der Waals surface area contributed by atoms with Crippen molar-refractivity contribution in [3.8, 4) is 5.75 Å². The highest BCUT2D eigenvalue weighted by atomic mass is 35.5. The van der Waals surface area contributed by atoms with Crippen molar-refractivity contribution < 1.29 is 14.3 Å². The molecule has 2 aromatic rings. The molecule has 0 saturated carbocycles. The van der Waals surface area contributed by atoms with Crippen LogP contribution >= 0.6 is 23.4 Å². The number of thioether (sulfide) groups is 1. The zero-order chi connectivity index (χ0) is 17.8. The summed E-state index contributed by atoms with van der Waals surface area (Å²) in [4.78, 5) is 26.6. The van der Waals surface area contributed by atoms with Gasteiger partial charge in [-0.25, -0.2) is 0 Å². The lowest BCUT2D eigenvalue weighted by atomic mass is 10.1. The highest BCUT2D eigenvalue weighted by molar-refractivity contribution is 8.00. The first-order chi connectivity index (χ1) is 12.0. The van der Waals surface area contributed by atoms with Crippen molar-refractivity contribution in [2.75, 3.05) is 31.3 Å². The van der Waals surface area contributed by atoms with Crippen LogP contribution in [0.2, 0.25) is 5.02 Å². The molecule has 1 aliphatic rings. The van der Waals surface area contributed by atoms with Crippen molar-refractivity contribution in [1.29, 1.82) is 0 Å². The van der Waals surface area contributed by atoms with E-state index >= 15 is 0 Å². The van der Waals surface area contributed by atoms with E-state index in [2.05, 4.69) is 5.32 Å². The molecule has 0 fully saturated rings. The van der Waals surface area contributed by atoms with E-state index in [0.29, 0.717) is 40.9 Å². The maximum Gasteiger partial charge on any atom is 0.253 e. The molecule has 1 heterocycles. The van der Waals surface area contributed by atoms with Crippen molar-refractivity contribution >= 4 is 40.9 Å². The molecule has 7 heteroatoms. The standard InChI is InChI=1S/C18H17ClN2O3S/c1-21(8-9-24-15-5-3-2-4-13(15)19)18(23)12-6-7-16-14(10-12)20-17(22)11-25-16/h2-7,10H,8-9,11H2,1H3,(H,20,22). The van der Waals surface area contributed by atoms with Gasteiger partial charge in [-0.1, -0.05) is 23.7 Å². The quantitative estimate of drug-likeness (QED) is 0.867. The summed E-state index contributed by atoms with van der Waals surface area (Å²) < 4.78 is 5.61. The lowest BCUT2D eigenvalue weighted by Crippen LogP contribution is -2.31. The third-order valence-electron chi connectivity index (χ3n) is 3.73. The van der Waals surface area contributed by atoms with Gasteiger partial charge in [-0.05, 0) is 30.3 Å². The number of likely N-dealkylation sites (N-methyl/N-ethyl adjacent to an activating group) is 1. The predicted molar refractivity (Wildman–Crippen MR) is 99.7 cm³/mol. The van der Waals surface area contributed by atoms with E-state index in [0.717, 1.165) is 4.90 Å². The fourth-order valence-corrected chi connectivity index (χ4v) is 3.37. The number of fused-ring (bicyclic) bond motifs is 1. The van der Waals surface area contributed by atoms with E-state index in [1.54, 1.807) is 36.2 Å². The molecule has 0 unspecified atom stereocenters. The minimum Gasteiger partial charge on any atom is -0.490 e. The summed E-state index contributed by atoms with van der Waals surface area (Å²) >= 11 is 7.50. The van der Waals surface area contributed by atoms with Crippen LogP contribution in [0.3, 0.4) is 0 Å². The van der Waals surface area contributed by atoms with E-state index in [4.69, 9.17) is 16.3 Å².